The van der Waals surface area contributed by atoms with Crippen LogP contribution in [0.2, 0.25) is 0 Å². The second-order valence-corrected chi connectivity index (χ2v) is 6.15. The number of nitrogens with zero attached hydrogens (tertiary/aromatic N) is 2. The first-order valence-electron chi connectivity index (χ1n) is 8.40. The number of Topliss-reactive ketones (excluding diaryl/α,β-unsaturated/α-hetero) is 1. The molecule has 0 spiro atoms. The maximum absolute atomic E-state index is 13.1. The van der Waals surface area contributed by atoms with E-state index in [1.165, 1.54) is 11.2 Å². The van der Waals surface area contributed by atoms with Gasteiger partial charge < -0.3 is 18.6 Å². The highest BCUT2D eigenvalue weighted by Gasteiger charge is 2.31. The molecule has 0 aliphatic heterocycles. The topological polar surface area (TPSA) is 81.8 Å². The third-order valence-electron chi connectivity index (χ3n) is 4.66. The molecule has 1 atom stereocenters. The quantitative estimate of drug-likeness (QED) is 0.584. The van der Waals surface area contributed by atoms with Gasteiger partial charge in [-0.05, 0) is 45.4 Å². The van der Waals surface area contributed by atoms with Gasteiger partial charge in [-0.25, -0.2) is 4.79 Å². The Labute approximate surface area is 152 Å². The van der Waals surface area contributed by atoms with Crippen LogP contribution < -0.4 is 0 Å². The molecule has 0 fully saturated rings. The largest absolute Gasteiger partial charge is 0.461 e. The number of ether oxygens (including phenoxy) is 1. The maximum Gasteiger partial charge on any atom is 0.355 e. The first-order chi connectivity index (χ1) is 12.2. The summed E-state index contributed by atoms with van der Waals surface area (Å²) < 4.78 is 11.9. The average Bonchev–Trinajstić information content (AvgIpc) is 3.21. The second-order valence-electron chi connectivity index (χ2n) is 6.15. The van der Waals surface area contributed by atoms with Crippen LogP contribution in [0.4, 0.5) is 0 Å². The van der Waals surface area contributed by atoms with Gasteiger partial charge in [0.05, 0.1) is 18.9 Å². The van der Waals surface area contributed by atoms with E-state index in [9.17, 15) is 14.4 Å². The van der Waals surface area contributed by atoms with E-state index in [1.54, 1.807) is 58.5 Å². The number of carbonyl (C=O) groups excluding carboxylic acids is 3. The van der Waals surface area contributed by atoms with Crippen molar-refractivity contribution in [1.82, 2.24) is 9.47 Å². The van der Waals surface area contributed by atoms with Crippen LogP contribution in [0.1, 0.15) is 56.5 Å². The number of aromatic nitrogens is 1. The van der Waals surface area contributed by atoms with Crippen LogP contribution >= 0.6 is 0 Å². The lowest BCUT2D eigenvalue weighted by atomic mass is 10.00. The van der Waals surface area contributed by atoms with Gasteiger partial charge in [-0.1, -0.05) is 0 Å². The average molecular weight is 360 g/mol. The molecule has 2 heterocycles. The smallest absolute Gasteiger partial charge is 0.355 e. The highest BCUT2D eigenvalue weighted by Crippen LogP contribution is 2.24. The Morgan fingerprint density at radius 1 is 1.31 bits per heavy atom. The zero-order valence-electron chi connectivity index (χ0n) is 16.0. The minimum Gasteiger partial charge on any atom is -0.461 e. The Morgan fingerprint density at radius 2 is 1.96 bits per heavy atom. The highest BCUT2D eigenvalue weighted by molar-refractivity contribution is 6.07. The molecule has 2 aromatic rings. The lowest BCUT2D eigenvalue weighted by Crippen LogP contribution is -2.40. The molecule has 140 valence electrons. The summed E-state index contributed by atoms with van der Waals surface area (Å²) in [6.07, 6.45) is 1.41. The van der Waals surface area contributed by atoms with Gasteiger partial charge >= 0.3 is 5.97 Å². The lowest BCUT2D eigenvalue weighted by Gasteiger charge is -2.23. The molecular formula is C19H24N2O5. The van der Waals surface area contributed by atoms with E-state index in [0.717, 1.165) is 0 Å². The molecule has 0 radical (unpaired) electrons. The molecule has 7 heteroatoms. The molecular weight excluding hydrogens is 336 g/mol. The van der Waals surface area contributed by atoms with Crippen molar-refractivity contribution in [1.29, 1.82) is 0 Å². The van der Waals surface area contributed by atoms with Gasteiger partial charge in [-0.3, -0.25) is 9.59 Å². The van der Waals surface area contributed by atoms with Crippen molar-refractivity contribution in [2.45, 2.75) is 33.7 Å². The van der Waals surface area contributed by atoms with E-state index >= 15 is 0 Å². The number of ketones is 1. The molecule has 26 heavy (non-hydrogen) atoms. The molecule has 0 saturated heterocycles. The molecule has 2 rings (SSSR count). The summed E-state index contributed by atoms with van der Waals surface area (Å²) in [5.41, 5.74) is 1.99. The summed E-state index contributed by atoms with van der Waals surface area (Å²) in [5, 5.41) is 0. The van der Waals surface area contributed by atoms with Crippen molar-refractivity contribution in [3.63, 3.8) is 0 Å². The number of hydrogen-bond acceptors (Lipinski definition) is 5. The van der Waals surface area contributed by atoms with Crippen LogP contribution in [0, 0.1) is 13.8 Å². The number of likely N-dealkylation sites (N-methyl/N-ethyl adjacent to an activating group) is 1. The summed E-state index contributed by atoms with van der Waals surface area (Å²) in [5.74, 6) is -0.926. The minimum absolute atomic E-state index is 0.167. The third kappa shape index (κ3) is 3.29. The molecule has 7 nitrogen and oxygen atoms in total. The number of esters is 1. The molecule has 0 aromatic carbocycles. The van der Waals surface area contributed by atoms with Crippen molar-refractivity contribution in [3.05, 3.63) is 46.7 Å². The van der Waals surface area contributed by atoms with E-state index < -0.39 is 12.0 Å². The Bertz CT molecular complexity index is 833. The predicted octanol–water partition coefficient (Wildman–Crippen LogP) is 2.76. The zero-order valence-corrected chi connectivity index (χ0v) is 16.0. The molecule has 1 unspecified atom stereocenters. The predicted molar refractivity (Wildman–Crippen MR) is 95.4 cm³/mol. The normalized spacial score (nSPS) is 11.9. The van der Waals surface area contributed by atoms with Gasteiger partial charge in [0.1, 0.15) is 5.69 Å². The van der Waals surface area contributed by atoms with Gasteiger partial charge in [-0.2, -0.15) is 0 Å². The molecule has 2 aromatic heterocycles. The van der Waals surface area contributed by atoms with E-state index in [2.05, 4.69) is 0 Å². The Morgan fingerprint density at radius 3 is 2.50 bits per heavy atom. The first kappa shape index (κ1) is 19.5. The number of amides is 1. The number of carbonyl (C=O) groups is 3. The zero-order chi connectivity index (χ0) is 19.6. The lowest BCUT2D eigenvalue weighted by molar-refractivity contribution is 0.0514. The summed E-state index contributed by atoms with van der Waals surface area (Å²) >= 11 is 0. The van der Waals surface area contributed by atoms with Crippen LogP contribution in [0.15, 0.2) is 22.8 Å². The monoisotopic (exact) mass is 360 g/mol. The number of rotatable bonds is 6. The summed E-state index contributed by atoms with van der Waals surface area (Å²) in [6, 6.07) is 2.45. The molecule has 0 N–H and O–H groups in total. The Balaban J connectivity index is 2.36. The Kier molecular flexibility index (Phi) is 5.69. The number of furan rings is 1. The standard InChI is InChI=1S/C19H24N2O5/c1-7-25-19(24)16-11(2)15(12(3)20(16)5)17(22)13(4)21(6)18(23)14-9-8-10-26-14/h8-10,13H,7H2,1-6H3. The van der Waals surface area contributed by atoms with Gasteiger partial charge in [0.2, 0.25) is 0 Å². The summed E-state index contributed by atoms with van der Waals surface area (Å²) in [6.45, 7) is 7.12. The van der Waals surface area contributed by atoms with Crippen LogP contribution in [0.5, 0.6) is 0 Å². The fourth-order valence-corrected chi connectivity index (χ4v) is 2.96. The molecule has 0 bridgehead atoms. The first-order valence-corrected chi connectivity index (χ1v) is 8.40. The van der Waals surface area contributed by atoms with Crippen LogP contribution in [-0.4, -0.2) is 46.8 Å². The molecule has 0 aliphatic rings. The van der Waals surface area contributed by atoms with E-state index in [0.29, 0.717) is 22.5 Å². The summed E-state index contributed by atoms with van der Waals surface area (Å²) in [7, 11) is 3.26. The minimum atomic E-state index is -0.720. The molecule has 1 amide bonds. The van der Waals surface area contributed by atoms with Gasteiger partial charge in [-0.15, -0.1) is 0 Å². The van der Waals surface area contributed by atoms with Gasteiger partial charge in [0.15, 0.2) is 11.5 Å². The molecule has 0 saturated carbocycles. The van der Waals surface area contributed by atoms with Gasteiger partial charge in [0.25, 0.3) is 5.91 Å². The third-order valence-corrected chi connectivity index (χ3v) is 4.66. The summed E-state index contributed by atoms with van der Waals surface area (Å²) in [4.78, 5) is 39.0. The second kappa shape index (κ2) is 7.59. The maximum atomic E-state index is 13.1. The van der Waals surface area contributed by atoms with E-state index in [4.69, 9.17) is 9.15 Å². The van der Waals surface area contributed by atoms with E-state index in [-0.39, 0.29) is 24.1 Å². The molecule has 0 aliphatic carbocycles. The Hall–Kier alpha value is -2.83. The van der Waals surface area contributed by atoms with Crippen LogP contribution in [0.3, 0.4) is 0 Å². The van der Waals surface area contributed by atoms with Crippen LogP contribution in [-0.2, 0) is 11.8 Å². The SMILES string of the molecule is CCOC(=O)c1c(C)c(C(=O)C(C)N(C)C(=O)c2ccco2)c(C)n1C. The van der Waals surface area contributed by atoms with Crippen molar-refractivity contribution >= 4 is 17.7 Å². The van der Waals surface area contributed by atoms with E-state index in [1.807, 2.05) is 0 Å². The van der Waals surface area contributed by atoms with Gasteiger partial charge in [0, 0.05) is 25.4 Å². The highest BCUT2D eigenvalue weighted by atomic mass is 16.5. The van der Waals surface area contributed by atoms with Crippen molar-refractivity contribution < 1.29 is 23.5 Å². The van der Waals surface area contributed by atoms with Crippen molar-refractivity contribution in [2.75, 3.05) is 13.7 Å². The number of hydrogen-bond donors (Lipinski definition) is 0. The van der Waals surface area contributed by atoms with Crippen molar-refractivity contribution in [2.24, 2.45) is 7.05 Å². The fourth-order valence-electron chi connectivity index (χ4n) is 2.96. The fraction of sp³-hybridized carbons (Fsp3) is 0.421. The van der Waals surface area contributed by atoms with Crippen LogP contribution in [0.25, 0.3) is 0 Å². The van der Waals surface area contributed by atoms with Crippen molar-refractivity contribution in [3.8, 4) is 0 Å².